The first-order valence-electron chi connectivity index (χ1n) is 6.36. The van der Waals surface area contributed by atoms with Crippen molar-refractivity contribution >= 4 is 30.4 Å². The molecule has 0 aliphatic heterocycles. The highest BCUT2D eigenvalue weighted by Crippen LogP contribution is 2.46. The quantitative estimate of drug-likeness (QED) is 0.0940. The van der Waals surface area contributed by atoms with Crippen LogP contribution in [0.5, 0.6) is 0 Å². The molecule has 16 nitrogen and oxygen atoms in total. The normalized spacial score (nSPS) is 15.3. The number of quaternary nitrogens is 2. The third kappa shape index (κ3) is 13.6. The van der Waals surface area contributed by atoms with Crippen molar-refractivity contribution in [2.24, 2.45) is 0 Å². The Bertz CT molecular complexity index is 565. The first-order valence-corrected chi connectivity index (χ1v) is 13.5. The Hall–Kier alpha value is 0.440. The third-order valence-electron chi connectivity index (χ3n) is 2.68. The van der Waals surface area contributed by atoms with E-state index in [1.54, 1.807) is 0 Å². The van der Waals surface area contributed by atoms with Crippen molar-refractivity contribution in [3.63, 3.8) is 0 Å². The summed E-state index contributed by atoms with van der Waals surface area (Å²) in [5.41, 5.74) is 0. The zero-order chi connectivity index (χ0) is 21.2. The van der Waals surface area contributed by atoms with E-state index in [9.17, 15) is 28.7 Å². The smallest absolute Gasteiger partial charge is 0.379 e. The van der Waals surface area contributed by atoms with Crippen LogP contribution in [0.4, 0.5) is 0 Å². The molecule has 0 aromatic carbocycles. The van der Waals surface area contributed by atoms with Crippen LogP contribution in [0.15, 0.2) is 0 Å². The molecular weight excluding hydrogens is 448 g/mol. The van der Waals surface area contributed by atoms with Crippen LogP contribution in [0.25, 0.3) is 0 Å². The molecule has 0 spiro atoms. The standard InChI is InChI=1S/C6H20N2O14P4/c9-7(3-23(11,12)13,4-24(14,15)16)1-2-8(10,5-25(17,18)19)6-26(20,21)22/h1-6H2,(H2,11,12,13)(H2,14,15,16)(H2,17,18,19)(H2,20,21,22). The minimum Gasteiger partial charge on any atom is -0.632 e. The van der Waals surface area contributed by atoms with E-state index in [4.69, 9.17) is 39.1 Å². The second-order valence-corrected chi connectivity index (χ2v) is 12.2. The molecule has 0 aliphatic carbocycles. The first-order chi connectivity index (χ1) is 11.0. The number of hydrogen-bond acceptors (Lipinski definition) is 6. The molecule has 0 aromatic heterocycles. The Kier molecular flexibility index (Phi) is 8.58. The van der Waals surface area contributed by atoms with Gasteiger partial charge in [-0.2, -0.15) is 0 Å². The third-order valence-corrected chi connectivity index (χ3v) is 6.22. The van der Waals surface area contributed by atoms with E-state index < -0.39 is 77.9 Å². The van der Waals surface area contributed by atoms with Crippen molar-refractivity contribution in [3.8, 4) is 0 Å². The molecule has 0 saturated heterocycles. The first kappa shape index (κ1) is 26.4. The van der Waals surface area contributed by atoms with Gasteiger partial charge in [-0.15, -0.1) is 0 Å². The van der Waals surface area contributed by atoms with Crippen molar-refractivity contribution in [3.05, 3.63) is 10.4 Å². The van der Waals surface area contributed by atoms with Gasteiger partial charge in [0.1, 0.15) is 13.1 Å². The van der Waals surface area contributed by atoms with Gasteiger partial charge in [-0.05, 0) is 0 Å². The lowest BCUT2D eigenvalue weighted by Gasteiger charge is -2.47. The summed E-state index contributed by atoms with van der Waals surface area (Å²) in [4.78, 5) is 70.9. The topological polar surface area (TPSA) is 276 Å². The van der Waals surface area contributed by atoms with Crippen LogP contribution >= 0.6 is 30.4 Å². The van der Waals surface area contributed by atoms with E-state index >= 15 is 0 Å². The van der Waals surface area contributed by atoms with E-state index in [1.165, 1.54) is 0 Å². The molecule has 0 fully saturated rings. The molecular formula is C6H20N2O14P4. The van der Waals surface area contributed by atoms with Gasteiger partial charge in [0.25, 0.3) is 0 Å². The van der Waals surface area contributed by atoms with Crippen molar-refractivity contribution in [2.75, 3.05) is 38.2 Å². The molecule has 0 saturated carbocycles. The second-order valence-electron chi connectivity index (χ2n) is 5.79. The maximum atomic E-state index is 12.3. The zero-order valence-electron chi connectivity index (χ0n) is 13.0. The van der Waals surface area contributed by atoms with Gasteiger partial charge in [-0.25, -0.2) is 0 Å². The largest absolute Gasteiger partial charge is 0.632 e. The molecule has 158 valence electrons. The van der Waals surface area contributed by atoms with Gasteiger partial charge < -0.3 is 58.9 Å². The Morgan fingerprint density at radius 1 is 0.500 bits per heavy atom. The minimum absolute atomic E-state index is 1.28. The molecule has 0 bridgehead atoms. The summed E-state index contributed by atoms with van der Waals surface area (Å²) >= 11 is 0. The average molecular weight is 468 g/mol. The van der Waals surface area contributed by atoms with E-state index in [-0.39, 0.29) is 0 Å². The minimum atomic E-state index is -5.14. The fraction of sp³-hybridized carbons (Fsp3) is 1.00. The molecule has 0 heterocycles. The Morgan fingerprint density at radius 3 is 0.769 bits per heavy atom. The molecule has 20 heteroatoms. The maximum Gasteiger partial charge on any atom is 0.379 e. The van der Waals surface area contributed by atoms with E-state index in [0.717, 1.165) is 0 Å². The van der Waals surface area contributed by atoms with Gasteiger partial charge in [0.15, 0.2) is 25.1 Å². The monoisotopic (exact) mass is 468 g/mol. The lowest BCUT2D eigenvalue weighted by Crippen LogP contribution is -2.53. The highest BCUT2D eigenvalue weighted by molar-refractivity contribution is 7.52. The summed E-state index contributed by atoms with van der Waals surface area (Å²) in [6, 6.07) is 0. The van der Waals surface area contributed by atoms with Gasteiger partial charge >= 0.3 is 30.4 Å². The van der Waals surface area contributed by atoms with Crippen LogP contribution in [0.1, 0.15) is 0 Å². The molecule has 0 rings (SSSR count). The van der Waals surface area contributed by atoms with Crippen LogP contribution in [0, 0.1) is 10.4 Å². The van der Waals surface area contributed by atoms with Crippen LogP contribution in [0.3, 0.4) is 0 Å². The fourth-order valence-electron chi connectivity index (χ4n) is 2.08. The highest BCUT2D eigenvalue weighted by atomic mass is 31.2. The lowest BCUT2D eigenvalue weighted by molar-refractivity contribution is -0.916. The highest BCUT2D eigenvalue weighted by Gasteiger charge is 2.40. The number of nitrogens with zero attached hydrogens (tertiary/aromatic N) is 2. The summed E-state index contributed by atoms with van der Waals surface area (Å²) in [6.45, 7) is -2.56. The summed E-state index contributed by atoms with van der Waals surface area (Å²) in [7, 11) is -20.5. The van der Waals surface area contributed by atoms with Gasteiger partial charge in [0.2, 0.25) is 0 Å². The van der Waals surface area contributed by atoms with Crippen molar-refractivity contribution in [2.45, 2.75) is 0 Å². The van der Waals surface area contributed by atoms with Gasteiger partial charge in [-0.3, -0.25) is 18.3 Å². The predicted octanol–water partition coefficient (Wildman–Crippen LogP) is -1.84. The van der Waals surface area contributed by atoms with Crippen LogP contribution < -0.4 is 0 Å². The lowest BCUT2D eigenvalue weighted by atomic mass is 10.5. The van der Waals surface area contributed by atoms with Crippen LogP contribution in [-0.4, -0.2) is 86.7 Å². The van der Waals surface area contributed by atoms with Crippen LogP contribution in [-0.2, 0) is 18.3 Å². The van der Waals surface area contributed by atoms with Crippen LogP contribution in [0.2, 0.25) is 0 Å². The summed E-state index contributed by atoms with van der Waals surface area (Å²) in [5.74, 6) is 0. The zero-order valence-corrected chi connectivity index (χ0v) is 16.5. The van der Waals surface area contributed by atoms with E-state index in [2.05, 4.69) is 0 Å². The predicted molar refractivity (Wildman–Crippen MR) is 84.6 cm³/mol. The SMILES string of the molecule is O=P(O)(O)C[N+]([O-])(CC[N+]([O-])(CP(=O)(O)O)CP(=O)(O)O)CP(=O)(O)O. The molecule has 8 N–H and O–H groups in total. The second kappa shape index (κ2) is 8.44. The number of hydroxylamine groups is 6. The number of rotatable bonds is 11. The average Bonchev–Trinajstić information content (AvgIpc) is 2.15. The number of hydrogen-bond donors (Lipinski definition) is 8. The van der Waals surface area contributed by atoms with Crippen molar-refractivity contribution in [1.29, 1.82) is 0 Å². The Labute approximate surface area is 146 Å². The van der Waals surface area contributed by atoms with E-state index in [1.807, 2.05) is 0 Å². The molecule has 0 atom stereocenters. The summed E-state index contributed by atoms with van der Waals surface area (Å²) < 4.78 is 39.4. The molecule has 0 aromatic rings. The maximum absolute atomic E-state index is 12.3. The molecule has 26 heavy (non-hydrogen) atoms. The molecule has 0 amide bonds. The van der Waals surface area contributed by atoms with Gasteiger partial charge in [0, 0.05) is 0 Å². The van der Waals surface area contributed by atoms with Gasteiger partial charge in [0.05, 0.1) is 0 Å². The fourth-order valence-corrected chi connectivity index (χ4v) is 6.05. The Balaban J connectivity index is 5.63. The van der Waals surface area contributed by atoms with Gasteiger partial charge in [-0.1, -0.05) is 0 Å². The van der Waals surface area contributed by atoms with E-state index in [0.29, 0.717) is 0 Å². The molecule has 0 unspecified atom stereocenters. The Morgan fingerprint density at radius 2 is 0.654 bits per heavy atom. The molecule has 0 radical (unpaired) electrons. The summed E-state index contributed by atoms with van der Waals surface area (Å²) in [5, 5.41) is 24.7. The molecule has 0 aliphatic rings. The van der Waals surface area contributed by atoms with Crippen molar-refractivity contribution < 1.29 is 66.7 Å². The van der Waals surface area contributed by atoms with Crippen molar-refractivity contribution in [1.82, 2.24) is 0 Å². The summed E-state index contributed by atoms with van der Waals surface area (Å²) in [6.07, 6.45) is -6.65.